The Morgan fingerprint density at radius 2 is 1.69 bits per heavy atom. The van der Waals surface area contributed by atoms with Gasteiger partial charge in [-0.3, -0.25) is 5.10 Å². The maximum atomic E-state index is 12.5. The van der Waals surface area contributed by atoms with Crippen molar-refractivity contribution in [3.63, 3.8) is 0 Å². The van der Waals surface area contributed by atoms with E-state index in [0.29, 0.717) is 16.4 Å². The lowest BCUT2D eigenvalue weighted by atomic mass is 10.1. The first-order valence-electron chi connectivity index (χ1n) is 9.84. The number of urea groups is 1. The first-order valence-corrected chi connectivity index (χ1v) is 10.2. The molecule has 3 aromatic rings. The smallest absolute Gasteiger partial charge is 0.323 e. The number of amides is 2. The van der Waals surface area contributed by atoms with Gasteiger partial charge in [-0.25, -0.2) is 4.79 Å². The second kappa shape index (κ2) is 8.57. The average Bonchev–Trinajstić information content (AvgIpc) is 3.10. The highest BCUT2D eigenvalue weighted by Crippen LogP contribution is 2.30. The lowest BCUT2D eigenvalue weighted by Gasteiger charge is -2.28. The van der Waals surface area contributed by atoms with Crippen LogP contribution in [0.2, 0.25) is 5.02 Å². The monoisotopic (exact) mass is 409 g/mol. The standard InChI is InChI=1S/C22H24ClN5O/c1-15-20(25-22(29)24-18-9-7-17(23)8-10-18)21(27-26-15)16-5-11-19(12-6-16)28-13-3-2-4-14-28/h5-12H,2-4,13-14H2,1H3,(H,26,27)(H2,24,25,29). The van der Waals surface area contributed by atoms with E-state index >= 15 is 0 Å². The van der Waals surface area contributed by atoms with Crippen LogP contribution in [0.15, 0.2) is 48.5 Å². The molecule has 1 fully saturated rings. The summed E-state index contributed by atoms with van der Waals surface area (Å²) in [5.41, 5.74) is 5.04. The van der Waals surface area contributed by atoms with E-state index in [0.717, 1.165) is 30.0 Å². The van der Waals surface area contributed by atoms with Crippen molar-refractivity contribution in [1.82, 2.24) is 10.2 Å². The van der Waals surface area contributed by atoms with Crippen LogP contribution in [0.25, 0.3) is 11.3 Å². The topological polar surface area (TPSA) is 73.0 Å². The number of aromatic amines is 1. The molecule has 1 aliphatic heterocycles. The second-order valence-electron chi connectivity index (χ2n) is 7.25. The van der Waals surface area contributed by atoms with Gasteiger partial charge in [-0.2, -0.15) is 5.10 Å². The van der Waals surface area contributed by atoms with Crippen LogP contribution in [0, 0.1) is 6.92 Å². The molecule has 0 saturated carbocycles. The summed E-state index contributed by atoms with van der Waals surface area (Å²) in [6.07, 6.45) is 3.81. The summed E-state index contributed by atoms with van der Waals surface area (Å²) in [7, 11) is 0. The highest BCUT2D eigenvalue weighted by molar-refractivity contribution is 6.30. The number of aryl methyl sites for hydroxylation is 1. The first-order chi connectivity index (χ1) is 14.1. The molecule has 0 spiro atoms. The van der Waals surface area contributed by atoms with E-state index < -0.39 is 0 Å². The Morgan fingerprint density at radius 3 is 2.38 bits per heavy atom. The van der Waals surface area contributed by atoms with Crippen LogP contribution in [-0.2, 0) is 0 Å². The van der Waals surface area contributed by atoms with Crippen LogP contribution in [0.1, 0.15) is 25.0 Å². The van der Waals surface area contributed by atoms with E-state index in [1.165, 1.54) is 24.9 Å². The van der Waals surface area contributed by atoms with E-state index in [-0.39, 0.29) is 6.03 Å². The lowest BCUT2D eigenvalue weighted by molar-refractivity contribution is 0.262. The fraction of sp³-hybridized carbons (Fsp3) is 0.273. The van der Waals surface area contributed by atoms with Crippen molar-refractivity contribution in [1.29, 1.82) is 0 Å². The number of hydrogen-bond donors (Lipinski definition) is 3. The Bertz CT molecular complexity index is 975. The third kappa shape index (κ3) is 4.54. The van der Waals surface area contributed by atoms with Crippen LogP contribution in [0.5, 0.6) is 0 Å². The average molecular weight is 410 g/mol. The molecule has 29 heavy (non-hydrogen) atoms. The highest BCUT2D eigenvalue weighted by atomic mass is 35.5. The fourth-order valence-corrected chi connectivity index (χ4v) is 3.71. The summed E-state index contributed by atoms with van der Waals surface area (Å²) in [6, 6.07) is 15.0. The molecule has 0 bridgehead atoms. The zero-order valence-corrected chi connectivity index (χ0v) is 17.1. The predicted molar refractivity (Wildman–Crippen MR) is 119 cm³/mol. The number of H-pyrrole nitrogens is 1. The molecular formula is C22H24ClN5O. The van der Waals surface area contributed by atoms with Crippen molar-refractivity contribution >= 4 is 34.7 Å². The van der Waals surface area contributed by atoms with Gasteiger partial charge in [0.15, 0.2) is 0 Å². The minimum Gasteiger partial charge on any atom is -0.372 e. The van der Waals surface area contributed by atoms with Gasteiger partial charge in [0.05, 0.1) is 11.4 Å². The maximum Gasteiger partial charge on any atom is 0.323 e. The van der Waals surface area contributed by atoms with Gasteiger partial charge in [-0.15, -0.1) is 0 Å². The summed E-state index contributed by atoms with van der Waals surface area (Å²) in [4.78, 5) is 14.9. The molecule has 1 aromatic heterocycles. The van der Waals surface area contributed by atoms with Crippen LogP contribution in [0.3, 0.4) is 0 Å². The highest BCUT2D eigenvalue weighted by Gasteiger charge is 2.16. The van der Waals surface area contributed by atoms with Gasteiger partial charge >= 0.3 is 6.03 Å². The Hall–Kier alpha value is -2.99. The van der Waals surface area contributed by atoms with Crippen molar-refractivity contribution < 1.29 is 4.79 Å². The number of carbonyl (C=O) groups is 1. The van der Waals surface area contributed by atoms with E-state index in [4.69, 9.17) is 11.6 Å². The number of benzene rings is 2. The minimum absolute atomic E-state index is 0.331. The minimum atomic E-state index is -0.331. The number of nitrogens with one attached hydrogen (secondary N) is 3. The molecule has 150 valence electrons. The number of aromatic nitrogens is 2. The third-order valence-corrected chi connectivity index (χ3v) is 5.40. The molecule has 2 heterocycles. The van der Waals surface area contributed by atoms with Gasteiger partial charge in [0, 0.05) is 35.1 Å². The third-order valence-electron chi connectivity index (χ3n) is 5.15. The van der Waals surface area contributed by atoms with Crippen molar-refractivity contribution in [2.75, 3.05) is 28.6 Å². The number of halogens is 1. The van der Waals surface area contributed by atoms with Crippen molar-refractivity contribution in [2.45, 2.75) is 26.2 Å². The molecule has 4 rings (SSSR count). The lowest BCUT2D eigenvalue weighted by Crippen LogP contribution is -2.29. The van der Waals surface area contributed by atoms with Gasteiger partial charge in [0.1, 0.15) is 5.69 Å². The van der Waals surface area contributed by atoms with E-state index in [9.17, 15) is 4.79 Å². The SMILES string of the molecule is Cc1[nH]nc(-c2ccc(N3CCCCC3)cc2)c1NC(=O)Nc1ccc(Cl)cc1. The Kier molecular flexibility index (Phi) is 5.71. The zero-order valence-electron chi connectivity index (χ0n) is 16.3. The summed E-state index contributed by atoms with van der Waals surface area (Å²) in [6.45, 7) is 4.10. The number of carbonyl (C=O) groups excluding carboxylic acids is 1. The summed E-state index contributed by atoms with van der Waals surface area (Å²) < 4.78 is 0. The van der Waals surface area contributed by atoms with Crippen molar-refractivity contribution in [3.05, 3.63) is 59.2 Å². The number of rotatable bonds is 4. The predicted octanol–water partition coefficient (Wildman–Crippen LogP) is 5.67. The van der Waals surface area contributed by atoms with Crippen LogP contribution in [0.4, 0.5) is 21.9 Å². The largest absolute Gasteiger partial charge is 0.372 e. The molecule has 2 amide bonds. The Morgan fingerprint density at radius 1 is 1.00 bits per heavy atom. The molecule has 3 N–H and O–H groups in total. The quantitative estimate of drug-likeness (QED) is 0.519. The Labute approximate surface area is 175 Å². The molecule has 0 unspecified atom stereocenters. The molecule has 0 atom stereocenters. The summed E-state index contributed by atoms with van der Waals surface area (Å²) in [5, 5.41) is 13.7. The van der Waals surface area contributed by atoms with Crippen LogP contribution < -0.4 is 15.5 Å². The van der Waals surface area contributed by atoms with E-state index in [2.05, 4.69) is 50.0 Å². The van der Waals surface area contributed by atoms with Gasteiger partial charge in [-0.1, -0.05) is 23.7 Å². The normalized spacial score (nSPS) is 13.9. The first kappa shape index (κ1) is 19.3. The molecule has 0 aliphatic carbocycles. The fourth-order valence-electron chi connectivity index (χ4n) is 3.58. The van der Waals surface area contributed by atoms with Crippen LogP contribution in [-0.4, -0.2) is 29.3 Å². The molecule has 7 heteroatoms. The van der Waals surface area contributed by atoms with Gasteiger partial charge in [-0.05, 0) is 62.6 Å². The van der Waals surface area contributed by atoms with E-state index in [1.54, 1.807) is 24.3 Å². The van der Waals surface area contributed by atoms with Crippen molar-refractivity contribution in [3.8, 4) is 11.3 Å². The molecule has 1 aliphatic rings. The number of hydrogen-bond acceptors (Lipinski definition) is 3. The molecule has 6 nitrogen and oxygen atoms in total. The number of nitrogens with zero attached hydrogens (tertiary/aromatic N) is 2. The Balaban J connectivity index is 1.49. The zero-order chi connectivity index (χ0) is 20.2. The number of anilines is 3. The van der Waals surface area contributed by atoms with Crippen LogP contribution >= 0.6 is 11.6 Å². The molecule has 2 aromatic carbocycles. The maximum absolute atomic E-state index is 12.5. The summed E-state index contributed by atoms with van der Waals surface area (Å²) in [5.74, 6) is 0. The molecular weight excluding hydrogens is 386 g/mol. The summed E-state index contributed by atoms with van der Waals surface area (Å²) >= 11 is 5.89. The second-order valence-corrected chi connectivity index (χ2v) is 7.69. The van der Waals surface area contributed by atoms with Crippen molar-refractivity contribution in [2.24, 2.45) is 0 Å². The van der Waals surface area contributed by atoms with E-state index in [1.807, 2.05) is 6.92 Å². The molecule has 0 radical (unpaired) electrons. The van der Waals surface area contributed by atoms with Gasteiger partial charge < -0.3 is 15.5 Å². The van der Waals surface area contributed by atoms with Gasteiger partial charge in [0.2, 0.25) is 0 Å². The number of piperidine rings is 1. The molecule has 1 saturated heterocycles. The van der Waals surface area contributed by atoms with Gasteiger partial charge in [0.25, 0.3) is 0 Å².